The van der Waals surface area contributed by atoms with E-state index in [9.17, 15) is 4.79 Å². The van der Waals surface area contributed by atoms with E-state index in [4.69, 9.17) is 0 Å². The van der Waals surface area contributed by atoms with Crippen LogP contribution >= 0.6 is 0 Å². The van der Waals surface area contributed by atoms with Gasteiger partial charge in [-0.3, -0.25) is 4.79 Å². The zero-order valence-corrected chi connectivity index (χ0v) is 12.8. The third-order valence-electron chi connectivity index (χ3n) is 4.41. The van der Waals surface area contributed by atoms with Gasteiger partial charge in [-0.2, -0.15) is 5.10 Å². The van der Waals surface area contributed by atoms with Crippen LogP contribution in [0.2, 0.25) is 0 Å². The van der Waals surface area contributed by atoms with Crippen LogP contribution in [0.5, 0.6) is 0 Å². The van der Waals surface area contributed by atoms with Gasteiger partial charge in [0.15, 0.2) is 5.69 Å². The Balaban J connectivity index is 1.40. The highest BCUT2D eigenvalue weighted by atomic mass is 16.1. The van der Waals surface area contributed by atoms with Crippen LogP contribution < -0.4 is 5.32 Å². The van der Waals surface area contributed by atoms with Crippen LogP contribution in [0, 0.1) is 0 Å². The Morgan fingerprint density at radius 2 is 2.13 bits per heavy atom. The highest BCUT2D eigenvalue weighted by Gasteiger charge is 2.16. The number of amides is 1. The molecule has 5 nitrogen and oxygen atoms in total. The van der Waals surface area contributed by atoms with Gasteiger partial charge in [0.25, 0.3) is 5.91 Å². The van der Waals surface area contributed by atoms with E-state index in [0.717, 1.165) is 36.9 Å². The molecule has 4 rings (SSSR count). The molecule has 0 saturated carbocycles. The number of rotatable bonds is 4. The SMILES string of the molecule is O=C(NCCc1c[nH]c2ccccc12)c1cc2c(nn1)CCC2. The fraction of sp³-hybridized carbons (Fsp3) is 0.278. The van der Waals surface area contributed by atoms with E-state index in [1.165, 1.54) is 16.5 Å². The lowest BCUT2D eigenvalue weighted by Crippen LogP contribution is -2.27. The summed E-state index contributed by atoms with van der Waals surface area (Å²) in [5, 5.41) is 12.4. The number of benzene rings is 1. The van der Waals surface area contributed by atoms with Crippen molar-refractivity contribution in [3.8, 4) is 0 Å². The number of para-hydroxylation sites is 1. The van der Waals surface area contributed by atoms with Gasteiger partial charge in [0, 0.05) is 23.6 Å². The number of aryl methyl sites for hydroxylation is 2. The molecule has 5 heteroatoms. The summed E-state index contributed by atoms with van der Waals surface area (Å²) in [4.78, 5) is 15.5. The quantitative estimate of drug-likeness (QED) is 0.777. The van der Waals surface area contributed by atoms with E-state index < -0.39 is 0 Å². The molecule has 2 aromatic heterocycles. The molecular weight excluding hydrogens is 288 g/mol. The predicted octanol–water partition coefficient (Wildman–Crippen LogP) is 2.42. The largest absolute Gasteiger partial charge is 0.361 e. The number of H-pyrrole nitrogens is 1. The molecule has 1 amide bonds. The summed E-state index contributed by atoms with van der Waals surface area (Å²) in [7, 11) is 0. The Kier molecular flexibility index (Phi) is 3.54. The lowest BCUT2D eigenvalue weighted by molar-refractivity contribution is 0.0948. The second kappa shape index (κ2) is 5.83. The molecule has 0 fully saturated rings. The molecule has 0 radical (unpaired) electrons. The minimum atomic E-state index is -0.146. The van der Waals surface area contributed by atoms with Crippen molar-refractivity contribution in [3.05, 3.63) is 59.0 Å². The molecular formula is C18H18N4O. The van der Waals surface area contributed by atoms with E-state index >= 15 is 0 Å². The summed E-state index contributed by atoms with van der Waals surface area (Å²) in [6, 6.07) is 10.1. The standard InChI is InChI=1S/C18H18N4O/c23-18(17-10-12-4-3-7-15(12)21-22-17)19-9-8-13-11-20-16-6-2-1-5-14(13)16/h1-2,5-6,10-11,20H,3-4,7-9H2,(H,19,23). The smallest absolute Gasteiger partial charge is 0.271 e. The predicted molar refractivity (Wildman–Crippen MR) is 88.4 cm³/mol. The Labute approximate surface area is 134 Å². The Bertz CT molecular complexity index is 868. The summed E-state index contributed by atoms with van der Waals surface area (Å²) in [6.45, 7) is 0.583. The Morgan fingerprint density at radius 3 is 3.09 bits per heavy atom. The Hall–Kier alpha value is -2.69. The van der Waals surface area contributed by atoms with Gasteiger partial charge in [0.05, 0.1) is 5.69 Å². The average molecular weight is 306 g/mol. The van der Waals surface area contributed by atoms with Crippen molar-refractivity contribution in [1.29, 1.82) is 0 Å². The number of aromatic nitrogens is 3. The first-order valence-corrected chi connectivity index (χ1v) is 8.00. The molecule has 0 unspecified atom stereocenters. The van der Waals surface area contributed by atoms with E-state index in [0.29, 0.717) is 12.2 Å². The molecule has 1 aliphatic rings. The van der Waals surface area contributed by atoms with Gasteiger partial charge < -0.3 is 10.3 Å². The average Bonchev–Trinajstić information content (AvgIpc) is 3.21. The molecule has 2 N–H and O–H groups in total. The van der Waals surface area contributed by atoms with Crippen LogP contribution in [0.4, 0.5) is 0 Å². The van der Waals surface area contributed by atoms with Gasteiger partial charge >= 0.3 is 0 Å². The summed E-state index contributed by atoms with van der Waals surface area (Å²) in [5.74, 6) is -0.146. The number of hydrogen-bond acceptors (Lipinski definition) is 3. The number of carbonyl (C=O) groups is 1. The van der Waals surface area contributed by atoms with Gasteiger partial charge in [-0.05, 0) is 48.9 Å². The summed E-state index contributed by atoms with van der Waals surface area (Å²) < 4.78 is 0. The number of nitrogens with one attached hydrogen (secondary N) is 2. The highest BCUT2D eigenvalue weighted by Crippen LogP contribution is 2.19. The van der Waals surface area contributed by atoms with E-state index in [1.54, 1.807) is 0 Å². The third-order valence-corrected chi connectivity index (χ3v) is 4.41. The first-order chi connectivity index (χ1) is 11.3. The van der Waals surface area contributed by atoms with Gasteiger partial charge in [-0.1, -0.05) is 18.2 Å². The van der Waals surface area contributed by atoms with Crippen LogP contribution in [-0.2, 0) is 19.3 Å². The van der Waals surface area contributed by atoms with Gasteiger partial charge in [0.2, 0.25) is 0 Å². The normalized spacial score (nSPS) is 13.2. The van der Waals surface area contributed by atoms with Gasteiger partial charge in [-0.25, -0.2) is 0 Å². The van der Waals surface area contributed by atoms with Crippen LogP contribution in [0.1, 0.15) is 33.7 Å². The lowest BCUT2D eigenvalue weighted by Gasteiger charge is -2.05. The molecule has 3 aromatic rings. The number of fused-ring (bicyclic) bond motifs is 2. The third kappa shape index (κ3) is 2.70. The first kappa shape index (κ1) is 13.9. The minimum Gasteiger partial charge on any atom is -0.361 e. The van der Waals surface area contributed by atoms with Crippen molar-refractivity contribution >= 4 is 16.8 Å². The maximum absolute atomic E-state index is 12.2. The monoisotopic (exact) mass is 306 g/mol. The molecule has 0 atom stereocenters. The van der Waals surface area contributed by atoms with E-state index in [-0.39, 0.29) is 5.91 Å². The Morgan fingerprint density at radius 1 is 1.22 bits per heavy atom. The maximum atomic E-state index is 12.2. The van der Waals surface area contributed by atoms with E-state index in [2.05, 4.69) is 32.6 Å². The second-order valence-electron chi connectivity index (χ2n) is 5.92. The van der Waals surface area contributed by atoms with Crippen LogP contribution in [0.3, 0.4) is 0 Å². The van der Waals surface area contributed by atoms with Gasteiger partial charge in [-0.15, -0.1) is 5.10 Å². The summed E-state index contributed by atoms with van der Waals surface area (Å²) in [5.41, 5.74) is 4.96. The fourth-order valence-corrected chi connectivity index (χ4v) is 3.18. The van der Waals surface area contributed by atoms with Crippen molar-refractivity contribution in [2.45, 2.75) is 25.7 Å². The zero-order valence-electron chi connectivity index (χ0n) is 12.8. The summed E-state index contributed by atoms with van der Waals surface area (Å²) >= 11 is 0. The van der Waals surface area contributed by atoms with Crippen molar-refractivity contribution in [3.63, 3.8) is 0 Å². The molecule has 1 aromatic carbocycles. The number of carbonyl (C=O) groups excluding carboxylic acids is 1. The van der Waals surface area contributed by atoms with Crippen LogP contribution in [-0.4, -0.2) is 27.6 Å². The molecule has 116 valence electrons. The number of aromatic amines is 1. The highest BCUT2D eigenvalue weighted by molar-refractivity contribution is 5.92. The second-order valence-corrected chi connectivity index (χ2v) is 5.92. The van der Waals surface area contributed by atoms with Crippen molar-refractivity contribution in [1.82, 2.24) is 20.5 Å². The zero-order chi connectivity index (χ0) is 15.6. The first-order valence-electron chi connectivity index (χ1n) is 8.00. The molecule has 23 heavy (non-hydrogen) atoms. The fourth-order valence-electron chi connectivity index (χ4n) is 3.18. The topological polar surface area (TPSA) is 70.7 Å². The van der Waals surface area contributed by atoms with Crippen LogP contribution in [0.15, 0.2) is 36.5 Å². The van der Waals surface area contributed by atoms with Gasteiger partial charge in [0.1, 0.15) is 0 Å². The molecule has 0 bridgehead atoms. The number of hydrogen-bond donors (Lipinski definition) is 2. The molecule has 2 heterocycles. The molecule has 0 saturated heterocycles. The van der Waals surface area contributed by atoms with Crippen molar-refractivity contribution < 1.29 is 4.79 Å². The van der Waals surface area contributed by atoms with E-state index in [1.807, 2.05) is 24.4 Å². The molecule has 1 aliphatic carbocycles. The molecule has 0 aliphatic heterocycles. The van der Waals surface area contributed by atoms with Crippen molar-refractivity contribution in [2.75, 3.05) is 6.54 Å². The summed E-state index contributed by atoms with van der Waals surface area (Å²) in [6.07, 6.45) is 5.88. The number of nitrogens with zero attached hydrogens (tertiary/aromatic N) is 2. The molecule has 0 spiro atoms. The van der Waals surface area contributed by atoms with Crippen LogP contribution in [0.25, 0.3) is 10.9 Å². The minimum absolute atomic E-state index is 0.146. The van der Waals surface area contributed by atoms with Crippen molar-refractivity contribution in [2.24, 2.45) is 0 Å². The maximum Gasteiger partial charge on any atom is 0.271 e. The lowest BCUT2D eigenvalue weighted by atomic mass is 10.1.